The Morgan fingerprint density at radius 3 is 2.39 bits per heavy atom. The summed E-state index contributed by atoms with van der Waals surface area (Å²) in [6, 6.07) is 9.33. The van der Waals surface area contributed by atoms with E-state index in [2.05, 4.69) is 0 Å². The van der Waals surface area contributed by atoms with Gasteiger partial charge in [0.05, 0.1) is 6.04 Å². The van der Waals surface area contributed by atoms with Crippen LogP contribution in [0.3, 0.4) is 0 Å². The Labute approximate surface area is 137 Å². The fraction of sp³-hybridized carbons (Fsp3) is 0.556. The number of likely N-dealkylation sites (tertiary alicyclic amines) is 1. The van der Waals surface area contributed by atoms with Gasteiger partial charge in [-0.05, 0) is 18.4 Å². The van der Waals surface area contributed by atoms with E-state index in [0.717, 1.165) is 31.5 Å². The van der Waals surface area contributed by atoms with Crippen molar-refractivity contribution in [3.8, 4) is 0 Å². The highest BCUT2D eigenvalue weighted by Gasteiger charge is 2.41. The quantitative estimate of drug-likeness (QED) is 0.838. The van der Waals surface area contributed by atoms with E-state index in [1.165, 1.54) is 12.8 Å². The highest BCUT2D eigenvalue weighted by molar-refractivity contribution is 5.86. The van der Waals surface area contributed by atoms with E-state index in [9.17, 15) is 9.59 Å². The van der Waals surface area contributed by atoms with Crippen molar-refractivity contribution in [3.05, 3.63) is 35.9 Å². The Hall–Kier alpha value is -1.88. The summed E-state index contributed by atoms with van der Waals surface area (Å²) in [5, 5.41) is 0. The van der Waals surface area contributed by atoms with Crippen LogP contribution in [0.2, 0.25) is 0 Å². The van der Waals surface area contributed by atoms with E-state index < -0.39 is 6.10 Å². The van der Waals surface area contributed by atoms with Gasteiger partial charge < -0.3 is 14.5 Å². The summed E-state index contributed by atoms with van der Waals surface area (Å²) < 4.78 is 5.70. The molecule has 0 aromatic heterocycles. The maximum absolute atomic E-state index is 13.0. The van der Waals surface area contributed by atoms with Gasteiger partial charge in [0.15, 0.2) is 6.10 Å². The Balaban J connectivity index is 1.85. The molecule has 5 heteroatoms. The summed E-state index contributed by atoms with van der Waals surface area (Å²) in [5.41, 5.74) is 0.941. The standard InChI is InChI=1S/C18H24N2O3/c1-19-15(21)13-23-17(16(19)14-9-5-4-6-10-14)18(22)20-11-7-2-3-8-12-20/h4-6,9-10,16-17H,2-3,7-8,11-13H2,1H3/t16-,17+/m0/s1. The van der Waals surface area contributed by atoms with Crippen molar-refractivity contribution in [2.24, 2.45) is 0 Å². The maximum atomic E-state index is 13.0. The van der Waals surface area contributed by atoms with E-state index in [4.69, 9.17) is 4.74 Å². The molecule has 0 aliphatic carbocycles. The number of carbonyl (C=O) groups excluding carboxylic acids is 2. The van der Waals surface area contributed by atoms with E-state index in [1.54, 1.807) is 11.9 Å². The molecule has 5 nitrogen and oxygen atoms in total. The van der Waals surface area contributed by atoms with Gasteiger partial charge in [-0.2, -0.15) is 0 Å². The second kappa shape index (κ2) is 7.13. The molecule has 2 atom stereocenters. The molecule has 2 fully saturated rings. The normalized spacial score (nSPS) is 26.0. The molecule has 23 heavy (non-hydrogen) atoms. The maximum Gasteiger partial charge on any atom is 0.254 e. The van der Waals surface area contributed by atoms with Crippen LogP contribution >= 0.6 is 0 Å². The molecule has 0 saturated carbocycles. The van der Waals surface area contributed by atoms with Crippen LogP contribution in [0.4, 0.5) is 0 Å². The number of carbonyl (C=O) groups is 2. The number of nitrogens with zero attached hydrogens (tertiary/aromatic N) is 2. The van der Waals surface area contributed by atoms with Crippen molar-refractivity contribution in [2.45, 2.75) is 37.8 Å². The second-order valence-electron chi connectivity index (χ2n) is 6.33. The van der Waals surface area contributed by atoms with Gasteiger partial charge in [0.25, 0.3) is 5.91 Å². The lowest BCUT2D eigenvalue weighted by Gasteiger charge is -2.40. The predicted octanol–water partition coefficient (Wildman–Crippen LogP) is 1.99. The smallest absolute Gasteiger partial charge is 0.254 e. The SMILES string of the molecule is CN1C(=O)CO[C@@H](C(=O)N2CCCCCC2)[C@@H]1c1ccccc1. The van der Waals surface area contributed by atoms with E-state index in [1.807, 2.05) is 35.2 Å². The minimum Gasteiger partial charge on any atom is -0.356 e. The van der Waals surface area contributed by atoms with Crippen molar-refractivity contribution in [2.75, 3.05) is 26.7 Å². The van der Waals surface area contributed by atoms with Crippen molar-refractivity contribution in [1.82, 2.24) is 9.80 Å². The number of benzene rings is 1. The molecule has 2 saturated heterocycles. The zero-order valence-corrected chi connectivity index (χ0v) is 13.6. The lowest BCUT2D eigenvalue weighted by Crippen LogP contribution is -2.54. The van der Waals surface area contributed by atoms with Crippen LogP contribution in [0.25, 0.3) is 0 Å². The Kier molecular flexibility index (Phi) is 4.96. The number of rotatable bonds is 2. The van der Waals surface area contributed by atoms with Crippen LogP contribution in [0.1, 0.15) is 37.3 Å². The van der Waals surface area contributed by atoms with Crippen LogP contribution in [0, 0.1) is 0 Å². The highest BCUT2D eigenvalue weighted by Crippen LogP contribution is 2.30. The topological polar surface area (TPSA) is 49.9 Å². The van der Waals surface area contributed by atoms with Crippen LogP contribution < -0.4 is 0 Å². The van der Waals surface area contributed by atoms with Gasteiger partial charge in [0.2, 0.25) is 5.91 Å². The first-order valence-corrected chi connectivity index (χ1v) is 8.39. The van der Waals surface area contributed by atoms with Gasteiger partial charge in [0, 0.05) is 20.1 Å². The van der Waals surface area contributed by atoms with E-state index in [-0.39, 0.29) is 24.5 Å². The molecule has 1 aromatic carbocycles. The first-order chi connectivity index (χ1) is 11.2. The zero-order chi connectivity index (χ0) is 16.2. The van der Waals surface area contributed by atoms with E-state index in [0.29, 0.717) is 0 Å². The summed E-state index contributed by atoms with van der Waals surface area (Å²) >= 11 is 0. The summed E-state index contributed by atoms with van der Waals surface area (Å²) in [5.74, 6) is -0.0705. The third-order valence-corrected chi connectivity index (χ3v) is 4.79. The van der Waals surface area contributed by atoms with Crippen molar-refractivity contribution in [3.63, 3.8) is 0 Å². The van der Waals surface area contributed by atoms with Crippen LogP contribution in [-0.4, -0.2) is 54.5 Å². The molecule has 0 radical (unpaired) electrons. The average molecular weight is 316 g/mol. The molecule has 0 unspecified atom stereocenters. The minimum atomic E-state index is -0.613. The van der Waals surface area contributed by atoms with Gasteiger partial charge in [-0.15, -0.1) is 0 Å². The molecule has 0 spiro atoms. The summed E-state index contributed by atoms with van der Waals surface area (Å²) in [4.78, 5) is 28.6. The molecule has 2 aliphatic heterocycles. The Morgan fingerprint density at radius 1 is 1.09 bits per heavy atom. The van der Waals surface area contributed by atoms with Crippen LogP contribution in [-0.2, 0) is 14.3 Å². The summed E-state index contributed by atoms with van der Waals surface area (Å²) in [6.07, 6.45) is 3.83. The molecule has 0 bridgehead atoms. The van der Waals surface area contributed by atoms with Gasteiger partial charge in [-0.25, -0.2) is 0 Å². The third-order valence-electron chi connectivity index (χ3n) is 4.79. The Morgan fingerprint density at radius 2 is 1.74 bits per heavy atom. The number of hydrogen-bond acceptors (Lipinski definition) is 3. The second-order valence-corrected chi connectivity index (χ2v) is 6.33. The zero-order valence-electron chi connectivity index (χ0n) is 13.6. The molecule has 0 N–H and O–H groups in total. The van der Waals surface area contributed by atoms with Crippen LogP contribution in [0.5, 0.6) is 0 Å². The number of likely N-dealkylation sites (N-methyl/N-ethyl adjacent to an activating group) is 1. The molecule has 124 valence electrons. The number of amides is 2. The monoisotopic (exact) mass is 316 g/mol. The molecule has 3 rings (SSSR count). The Bertz CT molecular complexity index is 553. The highest BCUT2D eigenvalue weighted by atomic mass is 16.5. The minimum absolute atomic E-state index is 0.0140. The molecular formula is C18H24N2O3. The first-order valence-electron chi connectivity index (χ1n) is 8.39. The van der Waals surface area contributed by atoms with Gasteiger partial charge in [0.1, 0.15) is 6.61 Å². The molecular weight excluding hydrogens is 292 g/mol. The molecule has 2 amide bonds. The molecule has 2 aliphatic rings. The summed E-state index contributed by atoms with van der Waals surface area (Å²) in [7, 11) is 1.76. The van der Waals surface area contributed by atoms with Crippen molar-refractivity contribution in [1.29, 1.82) is 0 Å². The fourth-order valence-corrected chi connectivity index (χ4v) is 3.44. The van der Waals surface area contributed by atoms with Crippen molar-refractivity contribution >= 4 is 11.8 Å². The van der Waals surface area contributed by atoms with Crippen molar-refractivity contribution < 1.29 is 14.3 Å². The van der Waals surface area contributed by atoms with Gasteiger partial charge in [-0.1, -0.05) is 43.2 Å². The largest absolute Gasteiger partial charge is 0.356 e. The third kappa shape index (κ3) is 3.39. The predicted molar refractivity (Wildman–Crippen MR) is 86.7 cm³/mol. The van der Waals surface area contributed by atoms with Gasteiger partial charge >= 0.3 is 0 Å². The summed E-state index contributed by atoms with van der Waals surface area (Å²) in [6.45, 7) is 1.56. The number of ether oxygens (including phenoxy) is 1. The molecule has 1 aromatic rings. The fourth-order valence-electron chi connectivity index (χ4n) is 3.44. The van der Waals surface area contributed by atoms with E-state index >= 15 is 0 Å². The lowest BCUT2D eigenvalue weighted by molar-refractivity contribution is -0.167. The molecule has 2 heterocycles. The number of morpholine rings is 1. The average Bonchev–Trinajstić information content (AvgIpc) is 2.86. The first kappa shape index (κ1) is 16.0. The number of hydrogen-bond donors (Lipinski definition) is 0. The van der Waals surface area contributed by atoms with Gasteiger partial charge in [-0.3, -0.25) is 9.59 Å². The lowest BCUT2D eigenvalue weighted by atomic mass is 9.97. The van der Waals surface area contributed by atoms with Crippen LogP contribution in [0.15, 0.2) is 30.3 Å².